The molecule has 1 amide bonds. The molecule has 0 saturated carbocycles. The minimum absolute atomic E-state index is 0.320. The predicted octanol–water partition coefficient (Wildman–Crippen LogP) is 2.81. The maximum absolute atomic E-state index is 11.6. The fraction of sp³-hybridized carbons (Fsp3) is 0. The number of halogens is 2. The van der Waals surface area contributed by atoms with E-state index in [1.807, 2.05) is 22.6 Å². The second-order valence-electron chi connectivity index (χ2n) is 3.21. The molecule has 0 aliphatic rings. The highest BCUT2D eigenvalue weighted by Crippen LogP contribution is 2.21. The lowest BCUT2D eigenvalue weighted by Gasteiger charge is -1.97. The zero-order valence-electron chi connectivity index (χ0n) is 8.93. The zero-order valence-corrected chi connectivity index (χ0v) is 12.7. The van der Waals surface area contributed by atoms with E-state index >= 15 is 0 Å². The first-order valence-corrected chi connectivity index (χ1v) is 6.72. The molecule has 5 nitrogen and oxygen atoms in total. The molecule has 0 spiro atoms. The fourth-order valence-corrected chi connectivity index (χ4v) is 1.86. The maximum Gasteiger partial charge on any atom is 0.272 e. The van der Waals surface area contributed by atoms with Crippen molar-refractivity contribution in [3.8, 4) is 0 Å². The van der Waals surface area contributed by atoms with Crippen molar-refractivity contribution in [2.45, 2.75) is 0 Å². The van der Waals surface area contributed by atoms with Crippen molar-refractivity contribution in [3.63, 3.8) is 0 Å². The van der Waals surface area contributed by atoms with Gasteiger partial charge in [0.05, 0.1) is 16.3 Å². The molecule has 0 unspecified atom stereocenters. The van der Waals surface area contributed by atoms with Crippen LogP contribution in [-0.2, 0) is 0 Å². The zero-order chi connectivity index (χ0) is 13.0. The van der Waals surface area contributed by atoms with Gasteiger partial charge in [-0.15, -0.1) is 0 Å². The van der Waals surface area contributed by atoms with Crippen LogP contribution in [0.3, 0.4) is 0 Å². The van der Waals surface area contributed by atoms with Crippen LogP contribution in [0.1, 0.15) is 16.1 Å². The van der Waals surface area contributed by atoms with Crippen molar-refractivity contribution in [1.29, 1.82) is 0 Å². The fourth-order valence-electron chi connectivity index (χ4n) is 1.14. The molecular weight excluding hydrogens is 413 g/mol. The predicted molar refractivity (Wildman–Crippen MR) is 78.4 cm³/mol. The molecule has 0 aliphatic heterocycles. The Morgan fingerprint density at radius 1 is 1.61 bits per heavy atom. The van der Waals surface area contributed by atoms with E-state index in [4.69, 9.17) is 4.42 Å². The van der Waals surface area contributed by atoms with Gasteiger partial charge in [-0.2, -0.15) is 5.10 Å². The second kappa shape index (κ2) is 6.10. The molecule has 18 heavy (non-hydrogen) atoms. The molecule has 1 N–H and O–H groups in total. The van der Waals surface area contributed by atoms with Crippen LogP contribution in [0.2, 0.25) is 0 Å². The monoisotopic (exact) mass is 419 g/mol. The van der Waals surface area contributed by atoms with Crippen LogP contribution in [0.4, 0.5) is 0 Å². The molecule has 92 valence electrons. The summed E-state index contributed by atoms with van der Waals surface area (Å²) in [5.74, 6) is 0.234. The lowest BCUT2D eigenvalue weighted by molar-refractivity contribution is 0.0955. The summed E-state index contributed by atoms with van der Waals surface area (Å²) < 4.78 is 6.91. The molecule has 0 saturated heterocycles. The van der Waals surface area contributed by atoms with E-state index in [1.54, 1.807) is 24.4 Å². The summed E-state index contributed by atoms with van der Waals surface area (Å²) in [4.78, 5) is 15.4. The van der Waals surface area contributed by atoms with Crippen LogP contribution < -0.4 is 5.43 Å². The molecule has 0 fully saturated rings. The first-order valence-electron chi connectivity index (χ1n) is 4.85. The van der Waals surface area contributed by atoms with E-state index < -0.39 is 0 Å². The highest BCUT2D eigenvalue weighted by molar-refractivity contribution is 14.1. The Morgan fingerprint density at radius 3 is 3.06 bits per heavy atom. The third-order valence-corrected chi connectivity index (χ3v) is 4.08. The van der Waals surface area contributed by atoms with Crippen molar-refractivity contribution < 1.29 is 9.21 Å². The van der Waals surface area contributed by atoms with Crippen molar-refractivity contribution in [2.24, 2.45) is 5.10 Å². The standard InChI is InChI=1S/C11H7BrIN3O2/c12-9-4-8(18-10(9)13)6-15-16-11(17)7-2-1-3-14-5-7/h1-6H,(H,16,17)/b15-6-. The maximum atomic E-state index is 11.6. The smallest absolute Gasteiger partial charge is 0.272 e. The highest BCUT2D eigenvalue weighted by Gasteiger charge is 2.05. The Kier molecular flexibility index (Phi) is 4.48. The van der Waals surface area contributed by atoms with Gasteiger partial charge in [-0.1, -0.05) is 0 Å². The number of furan rings is 1. The third-order valence-electron chi connectivity index (χ3n) is 1.95. The van der Waals surface area contributed by atoms with Crippen molar-refractivity contribution in [2.75, 3.05) is 0 Å². The van der Waals surface area contributed by atoms with Crippen LogP contribution in [0.25, 0.3) is 0 Å². The van der Waals surface area contributed by atoms with E-state index in [1.165, 1.54) is 12.4 Å². The summed E-state index contributed by atoms with van der Waals surface area (Å²) in [6, 6.07) is 5.11. The average molecular weight is 420 g/mol. The Morgan fingerprint density at radius 2 is 2.44 bits per heavy atom. The van der Waals surface area contributed by atoms with E-state index in [2.05, 4.69) is 31.4 Å². The number of nitrogens with one attached hydrogen (secondary N) is 1. The molecule has 2 aromatic rings. The number of hydrazone groups is 1. The summed E-state index contributed by atoms with van der Waals surface area (Å²) in [6.07, 6.45) is 4.50. The highest BCUT2D eigenvalue weighted by atomic mass is 127. The first-order chi connectivity index (χ1) is 8.66. The minimum Gasteiger partial charge on any atom is -0.448 e. The quantitative estimate of drug-likeness (QED) is 0.472. The van der Waals surface area contributed by atoms with Gasteiger partial charge in [0.1, 0.15) is 5.76 Å². The third kappa shape index (κ3) is 3.39. The van der Waals surface area contributed by atoms with E-state index in [0.717, 1.165) is 8.24 Å². The number of rotatable bonds is 3. The first kappa shape index (κ1) is 13.2. The Balaban J connectivity index is 1.98. The Hall–Kier alpha value is -1.22. The van der Waals surface area contributed by atoms with Gasteiger partial charge >= 0.3 is 0 Å². The summed E-state index contributed by atoms with van der Waals surface area (Å²) in [5, 5.41) is 3.80. The van der Waals surface area contributed by atoms with Gasteiger partial charge in [-0.25, -0.2) is 5.43 Å². The van der Waals surface area contributed by atoms with E-state index in [-0.39, 0.29) is 5.91 Å². The van der Waals surface area contributed by atoms with Gasteiger partial charge in [0.25, 0.3) is 5.91 Å². The van der Waals surface area contributed by atoms with Gasteiger partial charge in [0.2, 0.25) is 0 Å². The lowest BCUT2D eigenvalue weighted by Crippen LogP contribution is -2.17. The topological polar surface area (TPSA) is 67.5 Å². The summed E-state index contributed by atoms with van der Waals surface area (Å²) in [5.41, 5.74) is 2.84. The van der Waals surface area contributed by atoms with Crippen LogP contribution in [-0.4, -0.2) is 17.1 Å². The second-order valence-corrected chi connectivity index (χ2v) is 5.05. The van der Waals surface area contributed by atoms with Gasteiger partial charge in [0, 0.05) is 41.1 Å². The van der Waals surface area contributed by atoms with E-state index in [0.29, 0.717) is 11.3 Å². The van der Waals surface area contributed by atoms with Gasteiger partial charge in [0.15, 0.2) is 3.77 Å². The SMILES string of the molecule is O=C(N/N=C\c1cc(Br)c(I)o1)c1cccnc1. The largest absolute Gasteiger partial charge is 0.448 e. The number of pyridine rings is 1. The minimum atomic E-state index is -0.320. The van der Waals surface area contributed by atoms with Gasteiger partial charge in [-0.3, -0.25) is 9.78 Å². The number of carbonyl (C=O) groups excluding carboxylic acids is 1. The van der Waals surface area contributed by atoms with Crippen molar-refractivity contribution in [3.05, 3.63) is 50.2 Å². The Labute approximate surface area is 125 Å². The number of aromatic nitrogens is 1. The van der Waals surface area contributed by atoms with Crippen LogP contribution in [0, 0.1) is 3.77 Å². The molecule has 0 atom stereocenters. The summed E-state index contributed by atoms with van der Waals surface area (Å²) >= 11 is 5.36. The molecule has 0 aliphatic carbocycles. The molecular formula is C11H7BrIN3O2. The Bertz CT molecular complexity index is 564. The van der Waals surface area contributed by atoms with Gasteiger partial charge in [-0.05, 0) is 28.1 Å². The van der Waals surface area contributed by atoms with E-state index in [9.17, 15) is 4.79 Å². The van der Waals surface area contributed by atoms with Crippen molar-refractivity contribution in [1.82, 2.24) is 10.4 Å². The molecule has 7 heteroatoms. The normalized spacial score (nSPS) is 10.8. The van der Waals surface area contributed by atoms with Crippen LogP contribution in [0.15, 0.2) is 44.6 Å². The van der Waals surface area contributed by atoms with Crippen LogP contribution >= 0.6 is 38.5 Å². The lowest BCUT2D eigenvalue weighted by atomic mass is 10.3. The number of nitrogens with zero attached hydrogens (tertiary/aromatic N) is 2. The molecule has 2 heterocycles. The summed E-state index contributed by atoms with van der Waals surface area (Å²) in [6.45, 7) is 0. The molecule has 0 aromatic carbocycles. The number of amides is 1. The van der Waals surface area contributed by atoms with Gasteiger partial charge < -0.3 is 4.42 Å². The molecule has 0 radical (unpaired) electrons. The summed E-state index contributed by atoms with van der Waals surface area (Å²) in [7, 11) is 0. The van der Waals surface area contributed by atoms with Crippen molar-refractivity contribution >= 4 is 50.6 Å². The van der Waals surface area contributed by atoms with Crippen LogP contribution in [0.5, 0.6) is 0 Å². The molecule has 2 rings (SSSR count). The number of carbonyl (C=O) groups is 1. The number of hydrogen-bond acceptors (Lipinski definition) is 4. The average Bonchev–Trinajstić information content (AvgIpc) is 2.69. The molecule has 2 aromatic heterocycles. The molecule has 0 bridgehead atoms. The number of hydrogen-bond donors (Lipinski definition) is 1.